The van der Waals surface area contributed by atoms with Crippen molar-refractivity contribution in [2.24, 2.45) is 11.7 Å². The summed E-state index contributed by atoms with van der Waals surface area (Å²) >= 11 is 0. The van der Waals surface area contributed by atoms with Gasteiger partial charge in [-0.05, 0) is 30.9 Å². The molecular formula is C13H17F2NO. The van der Waals surface area contributed by atoms with Crippen LogP contribution in [0.2, 0.25) is 0 Å². The highest BCUT2D eigenvalue weighted by Crippen LogP contribution is 2.31. The lowest BCUT2D eigenvalue weighted by Gasteiger charge is -2.23. The van der Waals surface area contributed by atoms with E-state index >= 15 is 0 Å². The first-order chi connectivity index (χ1) is 8.00. The predicted octanol–water partition coefficient (Wildman–Crippen LogP) is 2.70. The molecular weight excluding hydrogens is 224 g/mol. The van der Waals surface area contributed by atoms with Gasteiger partial charge in [0, 0.05) is 18.2 Å². The Kier molecular flexibility index (Phi) is 3.45. The summed E-state index contributed by atoms with van der Waals surface area (Å²) in [5.74, 6) is -0.836. The van der Waals surface area contributed by atoms with Crippen molar-refractivity contribution in [3.8, 4) is 0 Å². The molecule has 0 aromatic heterocycles. The Hall–Kier alpha value is -1.00. The van der Waals surface area contributed by atoms with Crippen LogP contribution in [0.5, 0.6) is 0 Å². The molecule has 4 heteroatoms. The highest BCUT2D eigenvalue weighted by Gasteiger charge is 2.32. The lowest BCUT2D eigenvalue weighted by atomic mass is 9.92. The largest absolute Gasteiger partial charge is 0.376 e. The third-order valence-corrected chi connectivity index (χ3v) is 3.44. The van der Waals surface area contributed by atoms with Crippen molar-refractivity contribution in [2.75, 3.05) is 6.61 Å². The highest BCUT2D eigenvalue weighted by molar-refractivity contribution is 5.29. The minimum Gasteiger partial charge on any atom is -0.376 e. The molecule has 1 aliphatic rings. The zero-order chi connectivity index (χ0) is 12.6. The number of aryl methyl sites for hydroxylation is 1. The first-order valence-electron chi connectivity index (χ1n) is 5.83. The summed E-state index contributed by atoms with van der Waals surface area (Å²) < 4.78 is 32.4. The molecule has 2 N–H and O–H groups in total. The van der Waals surface area contributed by atoms with Gasteiger partial charge in [-0.3, -0.25) is 0 Å². The van der Waals surface area contributed by atoms with Crippen LogP contribution in [0.1, 0.15) is 30.5 Å². The van der Waals surface area contributed by atoms with Gasteiger partial charge in [-0.1, -0.05) is 6.92 Å². The number of benzene rings is 1. The maximum atomic E-state index is 13.7. The van der Waals surface area contributed by atoms with Gasteiger partial charge in [0.1, 0.15) is 11.6 Å². The van der Waals surface area contributed by atoms with Crippen LogP contribution in [0, 0.1) is 24.5 Å². The number of ether oxygens (including phenoxy) is 1. The van der Waals surface area contributed by atoms with Crippen LogP contribution in [-0.4, -0.2) is 12.7 Å². The van der Waals surface area contributed by atoms with E-state index in [1.807, 2.05) is 6.92 Å². The summed E-state index contributed by atoms with van der Waals surface area (Å²) in [6.45, 7) is 4.29. The fourth-order valence-corrected chi connectivity index (χ4v) is 2.29. The number of nitrogens with two attached hydrogens (primary N) is 1. The standard InChI is InChI=1S/C13H17F2NO/c1-7-3-4-17-13(7)12(16)9-5-8(2)10(14)6-11(9)15/h5-7,12-13H,3-4,16H2,1-2H3. The van der Waals surface area contributed by atoms with E-state index < -0.39 is 17.7 Å². The van der Waals surface area contributed by atoms with E-state index in [4.69, 9.17) is 10.5 Å². The van der Waals surface area contributed by atoms with Gasteiger partial charge in [-0.25, -0.2) is 8.78 Å². The first kappa shape index (κ1) is 12.5. The van der Waals surface area contributed by atoms with Crippen LogP contribution in [0.25, 0.3) is 0 Å². The van der Waals surface area contributed by atoms with Gasteiger partial charge in [0.2, 0.25) is 0 Å². The lowest BCUT2D eigenvalue weighted by molar-refractivity contribution is 0.0714. The molecule has 2 nitrogen and oxygen atoms in total. The fraction of sp³-hybridized carbons (Fsp3) is 0.538. The monoisotopic (exact) mass is 241 g/mol. The Morgan fingerprint density at radius 3 is 2.65 bits per heavy atom. The van der Waals surface area contributed by atoms with Crippen molar-refractivity contribution in [3.63, 3.8) is 0 Å². The van der Waals surface area contributed by atoms with Crippen molar-refractivity contribution in [1.82, 2.24) is 0 Å². The molecule has 0 spiro atoms. The van der Waals surface area contributed by atoms with Crippen molar-refractivity contribution in [1.29, 1.82) is 0 Å². The number of rotatable bonds is 2. The molecule has 0 radical (unpaired) electrons. The molecule has 17 heavy (non-hydrogen) atoms. The van der Waals surface area contributed by atoms with Crippen molar-refractivity contribution >= 4 is 0 Å². The van der Waals surface area contributed by atoms with Crippen LogP contribution in [0.3, 0.4) is 0 Å². The van der Waals surface area contributed by atoms with Gasteiger partial charge in [0.15, 0.2) is 0 Å². The number of hydrogen-bond donors (Lipinski definition) is 1. The van der Waals surface area contributed by atoms with Gasteiger partial charge in [0.05, 0.1) is 12.1 Å². The average Bonchev–Trinajstić information content (AvgIpc) is 2.69. The molecule has 0 amide bonds. The smallest absolute Gasteiger partial charge is 0.131 e. The summed E-state index contributed by atoms with van der Waals surface area (Å²) in [7, 11) is 0. The van der Waals surface area contributed by atoms with E-state index in [0.717, 1.165) is 12.5 Å². The Labute approximate surface area is 99.8 Å². The number of hydrogen-bond acceptors (Lipinski definition) is 2. The Morgan fingerprint density at radius 1 is 1.35 bits per heavy atom. The maximum Gasteiger partial charge on any atom is 0.131 e. The van der Waals surface area contributed by atoms with Gasteiger partial charge in [-0.15, -0.1) is 0 Å². The SMILES string of the molecule is Cc1cc(C(N)C2OCCC2C)c(F)cc1F. The lowest BCUT2D eigenvalue weighted by Crippen LogP contribution is -2.30. The molecule has 2 rings (SSSR count). The van der Waals surface area contributed by atoms with E-state index in [9.17, 15) is 8.78 Å². The molecule has 0 saturated carbocycles. The summed E-state index contributed by atoms with van der Waals surface area (Å²) in [5, 5.41) is 0. The Balaban J connectivity index is 2.30. The van der Waals surface area contributed by atoms with Crippen LogP contribution in [-0.2, 0) is 4.74 Å². The van der Waals surface area contributed by atoms with E-state index in [-0.39, 0.29) is 6.10 Å². The van der Waals surface area contributed by atoms with Gasteiger partial charge >= 0.3 is 0 Å². The third kappa shape index (κ3) is 2.33. The van der Waals surface area contributed by atoms with E-state index in [1.54, 1.807) is 6.92 Å². The fourth-order valence-electron chi connectivity index (χ4n) is 2.29. The van der Waals surface area contributed by atoms with Gasteiger partial charge < -0.3 is 10.5 Å². The molecule has 1 saturated heterocycles. The van der Waals surface area contributed by atoms with E-state index in [2.05, 4.69) is 0 Å². The van der Waals surface area contributed by atoms with Crippen molar-refractivity contribution < 1.29 is 13.5 Å². The molecule has 1 aromatic rings. The van der Waals surface area contributed by atoms with Crippen LogP contribution in [0.4, 0.5) is 8.78 Å². The first-order valence-corrected chi connectivity index (χ1v) is 5.83. The Bertz CT molecular complexity index is 422. The third-order valence-electron chi connectivity index (χ3n) is 3.44. The van der Waals surface area contributed by atoms with Gasteiger partial charge in [-0.2, -0.15) is 0 Å². The summed E-state index contributed by atoms with van der Waals surface area (Å²) in [6.07, 6.45) is 0.745. The van der Waals surface area contributed by atoms with Crippen LogP contribution >= 0.6 is 0 Å². The Morgan fingerprint density at radius 2 is 2.06 bits per heavy atom. The number of halogens is 2. The molecule has 3 atom stereocenters. The molecule has 1 fully saturated rings. The van der Waals surface area contributed by atoms with E-state index in [0.29, 0.717) is 23.7 Å². The van der Waals surface area contributed by atoms with Crippen molar-refractivity contribution in [3.05, 3.63) is 34.9 Å². The van der Waals surface area contributed by atoms with Crippen molar-refractivity contribution in [2.45, 2.75) is 32.4 Å². The molecule has 0 bridgehead atoms. The van der Waals surface area contributed by atoms with Crippen LogP contribution < -0.4 is 5.73 Å². The summed E-state index contributed by atoms with van der Waals surface area (Å²) in [6, 6.07) is 1.83. The van der Waals surface area contributed by atoms with E-state index in [1.165, 1.54) is 6.07 Å². The molecule has 1 aliphatic heterocycles. The second-order valence-corrected chi connectivity index (χ2v) is 4.75. The summed E-state index contributed by atoms with van der Waals surface area (Å²) in [5.41, 5.74) is 6.76. The highest BCUT2D eigenvalue weighted by atomic mass is 19.1. The second-order valence-electron chi connectivity index (χ2n) is 4.75. The quantitative estimate of drug-likeness (QED) is 0.864. The minimum atomic E-state index is -0.594. The zero-order valence-corrected chi connectivity index (χ0v) is 10.0. The van der Waals surface area contributed by atoms with Gasteiger partial charge in [0.25, 0.3) is 0 Å². The average molecular weight is 241 g/mol. The zero-order valence-electron chi connectivity index (χ0n) is 10.0. The topological polar surface area (TPSA) is 35.2 Å². The predicted molar refractivity (Wildman–Crippen MR) is 61.5 cm³/mol. The molecule has 1 aromatic carbocycles. The minimum absolute atomic E-state index is 0.186. The summed E-state index contributed by atoms with van der Waals surface area (Å²) in [4.78, 5) is 0. The molecule has 3 unspecified atom stereocenters. The maximum absolute atomic E-state index is 13.7. The second kappa shape index (κ2) is 4.70. The molecule has 1 heterocycles. The normalized spacial score (nSPS) is 26.2. The molecule has 94 valence electrons. The van der Waals surface area contributed by atoms with Crippen LogP contribution in [0.15, 0.2) is 12.1 Å². The molecule has 0 aliphatic carbocycles.